The van der Waals surface area contributed by atoms with Crippen molar-refractivity contribution in [2.45, 2.75) is 32.1 Å². The Morgan fingerprint density at radius 1 is 0.970 bits per heavy atom. The molecule has 33 heavy (non-hydrogen) atoms. The topological polar surface area (TPSA) is 58.6 Å². The zero-order valence-corrected chi connectivity index (χ0v) is 19.9. The van der Waals surface area contributed by atoms with Crippen LogP contribution in [0.4, 0.5) is 0 Å². The van der Waals surface area contributed by atoms with Crippen LogP contribution >= 0.6 is 0 Å². The van der Waals surface area contributed by atoms with Gasteiger partial charge in [0.05, 0.1) is 11.4 Å². The van der Waals surface area contributed by atoms with Crippen molar-refractivity contribution in [2.24, 2.45) is 23.7 Å². The van der Waals surface area contributed by atoms with E-state index in [4.69, 9.17) is 4.74 Å². The number of carbonyl (C=O) groups excluding carboxylic acids is 1. The standard InChI is InChI=1S/C27H36N4O2/c1-30(2)27(32)22-5-3-21(4-6-22)26-8-7-25(28-29-26)15-20-13-23-17-31(18-24(23)14-20)16-19-9-11-33-12-10-19/h3-8,19-20,23-24H,9-18H2,1-2H3/t20?,23-,24+. The van der Waals surface area contributed by atoms with Crippen molar-refractivity contribution < 1.29 is 9.53 Å². The van der Waals surface area contributed by atoms with Gasteiger partial charge in [0.2, 0.25) is 0 Å². The number of hydrogen-bond acceptors (Lipinski definition) is 5. The largest absolute Gasteiger partial charge is 0.381 e. The Balaban J connectivity index is 1.12. The molecule has 1 amide bonds. The monoisotopic (exact) mass is 448 g/mol. The number of likely N-dealkylation sites (tertiary alicyclic amines) is 1. The predicted molar refractivity (Wildman–Crippen MR) is 129 cm³/mol. The molecule has 5 rings (SSSR count). The summed E-state index contributed by atoms with van der Waals surface area (Å²) in [6.07, 6.45) is 6.18. The number of ether oxygens (including phenoxy) is 1. The molecule has 6 nitrogen and oxygen atoms in total. The van der Waals surface area contributed by atoms with E-state index in [1.807, 2.05) is 24.3 Å². The minimum Gasteiger partial charge on any atom is -0.381 e. The lowest BCUT2D eigenvalue weighted by molar-refractivity contribution is 0.0544. The molecule has 2 saturated heterocycles. The van der Waals surface area contributed by atoms with E-state index in [-0.39, 0.29) is 5.91 Å². The van der Waals surface area contributed by atoms with Gasteiger partial charge in [0.15, 0.2) is 0 Å². The number of benzene rings is 1. The summed E-state index contributed by atoms with van der Waals surface area (Å²) < 4.78 is 5.52. The summed E-state index contributed by atoms with van der Waals surface area (Å²) in [6.45, 7) is 5.76. The highest BCUT2D eigenvalue weighted by molar-refractivity contribution is 5.94. The zero-order valence-electron chi connectivity index (χ0n) is 19.9. The molecular formula is C27H36N4O2. The molecule has 3 atom stereocenters. The van der Waals surface area contributed by atoms with Crippen LogP contribution in [0.25, 0.3) is 11.3 Å². The number of carbonyl (C=O) groups is 1. The fourth-order valence-corrected chi connectivity index (χ4v) is 6.09. The van der Waals surface area contributed by atoms with Gasteiger partial charge < -0.3 is 14.5 Å². The van der Waals surface area contributed by atoms with E-state index in [1.165, 1.54) is 45.3 Å². The minimum absolute atomic E-state index is 0.0102. The maximum Gasteiger partial charge on any atom is 0.253 e. The van der Waals surface area contributed by atoms with Crippen LogP contribution in [0.2, 0.25) is 0 Å². The Morgan fingerprint density at radius 2 is 1.67 bits per heavy atom. The third-order valence-electron chi connectivity index (χ3n) is 7.83. The summed E-state index contributed by atoms with van der Waals surface area (Å²) in [5.41, 5.74) is 3.63. The smallest absolute Gasteiger partial charge is 0.253 e. The van der Waals surface area contributed by atoms with Crippen LogP contribution in [0.5, 0.6) is 0 Å². The molecule has 0 N–H and O–H groups in total. The van der Waals surface area contributed by atoms with Gasteiger partial charge >= 0.3 is 0 Å². The van der Waals surface area contributed by atoms with Crippen molar-refractivity contribution in [1.82, 2.24) is 20.0 Å². The number of aromatic nitrogens is 2. The predicted octanol–water partition coefficient (Wildman–Crippen LogP) is 3.77. The van der Waals surface area contributed by atoms with E-state index in [0.717, 1.165) is 60.3 Å². The number of hydrogen-bond donors (Lipinski definition) is 0. The second-order valence-electron chi connectivity index (χ2n) is 10.5. The summed E-state index contributed by atoms with van der Waals surface area (Å²) >= 11 is 0. The first-order valence-electron chi connectivity index (χ1n) is 12.5. The average Bonchev–Trinajstić information content (AvgIpc) is 3.37. The van der Waals surface area contributed by atoms with Crippen LogP contribution < -0.4 is 0 Å². The molecule has 1 saturated carbocycles. The van der Waals surface area contributed by atoms with Crippen LogP contribution in [-0.2, 0) is 11.2 Å². The maximum absolute atomic E-state index is 12.1. The molecule has 1 aromatic carbocycles. The Labute approximate surface area is 197 Å². The first-order chi connectivity index (χ1) is 16.0. The molecule has 6 heteroatoms. The van der Waals surface area contributed by atoms with Gasteiger partial charge in [0.1, 0.15) is 0 Å². The fraction of sp³-hybridized carbons (Fsp3) is 0.593. The first-order valence-corrected chi connectivity index (χ1v) is 12.5. The molecule has 2 aromatic rings. The molecule has 0 bridgehead atoms. The molecule has 3 aliphatic rings. The third-order valence-corrected chi connectivity index (χ3v) is 7.83. The number of fused-ring (bicyclic) bond motifs is 1. The molecule has 176 valence electrons. The van der Waals surface area contributed by atoms with E-state index in [9.17, 15) is 4.79 Å². The SMILES string of the molecule is CN(C)C(=O)c1ccc(-c2ccc(CC3C[C@@H]4CN(CC5CCOCC5)C[C@@H]4C3)nn2)cc1. The van der Waals surface area contributed by atoms with Gasteiger partial charge in [-0.3, -0.25) is 4.79 Å². The van der Waals surface area contributed by atoms with Gasteiger partial charge in [0.25, 0.3) is 5.91 Å². The zero-order chi connectivity index (χ0) is 22.8. The van der Waals surface area contributed by atoms with E-state index in [0.29, 0.717) is 5.56 Å². The third kappa shape index (κ3) is 5.28. The van der Waals surface area contributed by atoms with Crippen molar-refractivity contribution in [3.8, 4) is 11.3 Å². The Kier molecular flexibility index (Phi) is 6.74. The quantitative estimate of drug-likeness (QED) is 0.673. The Bertz CT molecular complexity index is 924. The van der Waals surface area contributed by atoms with Crippen LogP contribution in [0.1, 0.15) is 41.7 Å². The highest BCUT2D eigenvalue weighted by Crippen LogP contribution is 2.43. The Hall–Kier alpha value is -2.31. The van der Waals surface area contributed by atoms with E-state index in [1.54, 1.807) is 19.0 Å². The minimum atomic E-state index is 0.0102. The molecule has 1 aliphatic carbocycles. The molecule has 2 aliphatic heterocycles. The van der Waals surface area contributed by atoms with Gasteiger partial charge in [-0.15, -0.1) is 0 Å². The highest BCUT2D eigenvalue weighted by atomic mass is 16.5. The van der Waals surface area contributed by atoms with E-state index < -0.39 is 0 Å². The summed E-state index contributed by atoms with van der Waals surface area (Å²) in [7, 11) is 3.53. The summed E-state index contributed by atoms with van der Waals surface area (Å²) in [5, 5.41) is 9.03. The van der Waals surface area contributed by atoms with Gasteiger partial charge in [-0.2, -0.15) is 10.2 Å². The van der Waals surface area contributed by atoms with Gasteiger partial charge in [-0.1, -0.05) is 12.1 Å². The van der Waals surface area contributed by atoms with Crippen LogP contribution in [0.3, 0.4) is 0 Å². The molecular weight excluding hydrogens is 412 g/mol. The average molecular weight is 449 g/mol. The van der Waals surface area contributed by atoms with Crippen molar-refractivity contribution in [3.63, 3.8) is 0 Å². The van der Waals surface area contributed by atoms with Crippen molar-refractivity contribution >= 4 is 5.91 Å². The van der Waals surface area contributed by atoms with Crippen LogP contribution in [0, 0.1) is 23.7 Å². The maximum atomic E-state index is 12.1. The van der Waals surface area contributed by atoms with Crippen molar-refractivity contribution in [1.29, 1.82) is 0 Å². The molecule has 0 radical (unpaired) electrons. The summed E-state index contributed by atoms with van der Waals surface area (Å²) in [6, 6.07) is 11.8. The molecule has 1 unspecified atom stereocenters. The number of amides is 1. The van der Waals surface area contributed by atoms with Gasteiger partial charge in [0, 0.05) is 58.1 Å². The fourth-order valence-electron chi connectivity index (χ4n) is 6.09. The van der Waals surface area contributed by atoms with Crippen LogP contribution in [-0.4, -0.2) is 72.8 Å². The van der Waals surface area contributed by atoms with Crippen LogP contribution in [0.15, 0.2) is 36.4 Å². The molecule has 3 heterocycles. The summed E-state index contributed by atoms with van der Waals surface area (Å²) in [5.74, 6) is 3.32. The normalized spacial score (nSPS) is 25.8. The lowest BCUT2D eigenvalue weighted by Gasteiger charge is -2.27. The highest BCUT2D eigenvalue weighted by Gasteiger charge is 2.41. The molecule has 1 aromatic heterocycles. The lowest BCUT2D eigenvalue weighted by Crippen LogP contribution is -2.31. The second kappa shape index (κ2) is 9.90. The molecule has 3 fully saturated rings. The van der Waals surface area contributed by atoms with Gasteiger partial charge in [-0.25, -0.2) is 0 Å². The second-order valence-corrected chi connectivity index (χ2v) is 10.5. The van der Waals surface area contributed by atoms with E-state index in [2.05, 4.69) is 27.2 Å². The van der Waals surface area contributed by atoms with Gasteiger partial charge in [-0.05, 0) is 80.0 Å². The number of rotatable bonds is 6. The molecule has 0 spiro atoms. The number of nitrogens with zero attached hydrogens (tertiary/aromatic N) is 4. The summed E-state index contributed by atoms with van der Waals surface area (Å²) in [4.78, 5) is 16.4. The van der Waals surface area contributed by atoms with E-state index >= 15 is 0 Å². The van der Waals surface area contributed by atoms with Crippen molar-refractivity contribution in [2.75, 3.05) is 46.9 Å². The lowest BCUT2D eigenvalue weighted by atomic mass is 9.98. The Morgan fingerprint density at radius 3 is 2.27 bits per heavy atom. The van der Waals surface area contributed by atoms with Crippen molar-refractivity contribution in [3.05, 3.63) is 47.7 Å². The first kappa shape index (κ1) is 22.5.